The lowest BCUT2D eigenvalue weighted by molar-refractivity contribution is -0.00518. The number of fused-ring (bicyclic) bond motifs is 6. The molecule has 278 valence electrons. The van der Waals surface area contributed by atoms with Crippen LogP contribution in [0.1, 0.15) is 69.1 Å². The molecule has 2 heteroatoms. The summed E-state index contributed by atoms with van der Waals surface area (Å²) < 4.78 is 6.72. The molecule has 2 nitrogen and oxygen atoms in total. The SMILES string of the molecule is CC1(C)c2cc(-c3ccc(C45CC6CC(CC(C6)C4)C5)cc3)ccc2-c2ccc(N(c3ccccc3-c3ccccc3)c3cccc4c3oc3ccccc34)cc21. The minimum absolute atomic E-state index is 0.189. The molecule has 0 saturated heterocycles. The Morgan fingerprint density at radius 2 is 1.11 bits per heavy atom. The Morgan fingerprint density at radius 3 is 1.88 bits per heavy atom. The third-order valence-electron chi connectivity index (χ3n) is 14.6. The van der Waals surface area contributed by atoms with E-state index in [1.54, 1.807) is 5.56 Å². The van der Waals surface area contributed by atoms with E-state index in [1.165, 1.54) is 83.0 Å². The highest BCUT2D eigenvalue weighted by Gasteiger charge is 2.51. The molecule has 8 aromatic rings. The lowest BCUT2D eigenvalue weighted by Crippen LogP contribution is -2.48. The van der Waals surface area contributed by atoms with Crippen LogP contribution in [-0.4, -0.2) is 0 Å². The molecule has 0 spiro atoms. The second kappa shape index (κ2) is 12.3. The van der Waals surface area contributed by atoms with Crippen LogP contribution in [-0.2, 0) is 10.8 Å². The number of anilines is 3. The number of furan rings is 1. The molecule has 0 amide bonds. The molecule has 5 aliphatic carbocycles. The van der Waals surface area contributed by atoms with Crippen molar-refractivity contribution in [1.82, 2.24) is 0 Å². The van der Waals surface area contributed by atoms with Gasteiger partial charge in [0, 0.05) is 27.4 Å². The minimum atomic E-state index is -0.189. The van der Waals surface area contributed by atoms with Gasteiger partial charge in [-0.3, -0.25) is 0 Å². The number of nitrogens with zero attached hydrogens (tertiary/aromatic N) is 1. The van der Waals surface area contributed by atoms with Gasteiger partial charge in [0.15, 0.2) is 5.58 Å². The van der Waals surface area contributed by atoms with Crippen LogP contribution in [0.15, 0.2) is 162 Å². The molecule has 7 aromatic carbocycles. The van der Waals surface area contributed by atoms with E-state index in [0.29, 0.717) is 5.41 Å². The van der Waals surface area contributed by atoms with Gasteiger partial charge in [-0.25, -0.2) is 0 Å². The van der Waals surface area contributed by atoms with E-state index in [2.05, 4.69) is 176 Å². The molecule has 0 aliphatic heterocycles. The van der Waals surface area contributed by atoms with Crippen molar-refractivity contribution in [2.75, 3.05) is 4.90 Å². The van der Waals surface area contributed by atoms with Gasteiger partial charge in [0.05, 0.1) is 11.4 Å². The molecule has 0 unspecified atom stereocenters. The summed E-state index contributed by atoms with van der Waals surface area (Å²) >= 11 is 0. The van der Waals surface area contributed by atoms with E-state index in [0.717, 1.165) is 56.8 Å². The van der Waals surface area contributed by atoms with Crippen molar-refractivity contribution >= 4 is 39.0 Å². The molecule has 0 atom stereocenters. The third kappa shape index (κ3) is 5.09. The van der Waals surface area contributed by atoms with Crippen LogP contribution in [0.4, 0.5) is 17.1 Å². The zero-order valence-electron chi connectivity index (χ0n) is 32.8. The second-order valence-corrected chi connectivity index (χ2v) is 18.4. The minimum Gasteiger partial charge on any atom is -0.454 e. The van der Waals surface area contributed by atoms with Crippen LogP contribution in [0, 0.1) is 17.8 Å². The van der Waals surface area contributed by atoms with Crippen molar-refractivity contribution in [2.45, 2.75) is 63.2 Å². The van der Waals surface area contributed by atoms with E-state index in [4.69, 9.17) is 4.42 Å². The maximum absolute atomic E-state index is 6.72. The van der Waals surface area contributed by atoms with Gasteiger partial charge in [-0.05, 0) is 143 Å². The first-order valence-corrected chi connectivity index (χ1v) is 21.2. The molecule has 5 aliphatic rings. The Balaban J connectivity index is 0.955. The zero-order chi connectivity index (χ0) is 37.9. The lowest BCUT2D eigenvalue weighted by atomic mass is 9.48. The highest BCUT2D eigenvalue weighted by atomic mass is 16.3. The molecule has 0 N–H and O–H groups in total. The number of rotatable bonds is 6. The number of para-hydroxylation sites is 3. The van der Waals surface area contributed by atoms with E-state index in [1.807, 2.05) is 0 Å². The van der Waals surface area contributed by atoms with E-state index < -0.39 is 0 Å². The largest absolute Gasteiger partial charge is 0.454 e. The van der Waals surface area contributed by atoms with E-state index in [-0.39, 0.29) is 5.41 Å². The summed E-state index contributed by atoms with van der Waals surface area (Å²) in [5, 5.41) is 2.26. The van der Waals surface area contributed by atoms with Crippen LogP contribution in [0.5, 0.6) is 0 Å². The molecular formula is C55H47NO. The quantitative estimate of drug-likeness (QED) is 0.169. The van der Waals surface area contributed by atoms with Crippen molar-refractivity contribution in [3.05, 3.63) is 174 Å². The summed E-state index contributed by atoms with van der Waals surface area (Å²) in [7, 11) is 0. The summed E-state index contributed by atoms with van der Waals surface area (Å²) in [6.45, 7) is 4.81. The average molecular weight is 738 g/mol. The Hall–Kier alpha value is -5.86. The summed E-state index contributed by atoms with van der Waals surface area (Å²) in [6, 6.07) is 58.6. The van der Waals surface area contributed by atoms with Crippen molar-refractivity contribution < 1.29 is 4.42 Å². The Labute approximate surface area is 335 Å². The van der Waals surface area contributed by atoms with Crippen molar-refractivity contribution in [1.29, 1.82) is 0 Å². The molecule has 4 saturated carbocycles. The summed E-state index contributed by atoms with van der Waals surface area (Å²) in [6.07, 6.45) is 8.70. The number of hydrogen-bond donors (Lipinski definition) is 0. The van der Waals surface area contributed by atoms with Crippen molar-refractivity contribution in [3.8, 4) is 33.4 Å². The number of hydrogen-bond acceptors (Lipinski definition) is 2. The van der Waals surface area contributed by atoms with Gasteiger partial charge in [0.25, 0.3) is 0 Å². The molecule has 4 fully saturated rings. The highest BCUT2D eigenvalue weighted by molar-refractivity contribution is 6.10. The first kappa shape index (κ1) is 33.3. The predicted octanol–water partition coefficient (Wildman–Crippen LogP) is 15.2. The van der Waals surface area contributed by atoms with Crippen molar-refractivity contribution in [3.63, 3.8) is 0 Å². The smallest absolute Gasteiger partial charge is 0.159 e. The molecule has 1 heterocycles. The van der Waals surface area contributed by atoms with Gasteiger partial charge in [-0.1, -0.05) is 135 Å². The monoisotopic (exact) mass is 737 g/mol. The van der Waals surface area contributed by atoms with Gasteiger partial charge in [0.2, 0.25) is 0 Å². The fraction of sp³-hybridized carbons (Fsp3) is 0.236. The number of benzene rings is 7. The van der Waals surface area contributed by atoms with Gasteiger partial charge < -0.3 is 9.32 Å². The van der Waals surface area contributed by atoms with Crippen LogP contribution in [0.2, 0.25) is 0 Å². The van der Waals surface area contributed by atoms with Gasteiger partial charge in [-0.2, -0.15) is 0 Å². The average Bonchev–Trinajstić information content (AvgIpc) is 3.73. The summed E-state index contributed by atoms with van der Waals surface area (Å²) in [4.78, 5) is 2.42. The van der Waals surface area contributed by atoms with Crippen molar-refractivity contribution in [2.24, 2.45) is 17.8 Å². The molecule has 1 aromatic heterocycles. The van der Waals surface area contributed by atoms with Crippen LogP contribution < -0.4 is 4.90 Å². The van der Waals surface area contributed by atoms with Gasteiger partial charge >= 0.3 is 0 Å². The maximum atomic E-state index is 6.72. The molecule has 4 bridgehead atoms. The standard InChI is InChI=1S/C55H47NO/c1-54(2)48-30-40(38-19-22-41(23-20-38)55-32-35-27-36(33-55)29-37(28-35)34-55)21-25-44(48)45-26-24-42(31-49(45)54)56(50-16-8-6-13-43(50)39-11-4-3-5-12-39)51-17-10-15-47-46-14-7-9-18-52(46)57-53(47)51/h3-26,30-31,35-37H,27-29,32-34H2,1-2H3. The van der Waals surface area contributed by atoms with Crippen LogP contribution >= 0.6 is 0 Å². The van der Waals surface area contributed by atoms with E-state index >= 15 is 0 Å². The van der Waals surface area contributed by atoms with Gasteiger partial charge in [0.1, 0.15) is 5.58 Å². The Kier molecular flexibility index (Phi) is 7.20. The lowest BCUT2D eigenvalue weighted by Gasteiger charge is -2.57. The molecule has 13 rings (SSSR count). The topological polar surface area (TPSA) is 16.4 Å². The molecule has 57 heavy (non-hydrogen) atoms. The summed E-state index contributed by atoms with van der Waals surface area (Å²) in [5.74, 6) is 2.88. The normalized spacial score (nSPS) is 22.5. The Bertz CT molecular complexity index is 2820. The van der Waals surface area contributed by atoms with Gasteiger partial charge in [-0.15, -0.1) is 0 Å². The fourth-order valence-corrected chi connectivity index (χ4v) is 12.4. The summed E-state index contributed by atoms with van der Waals surface area (Å²) in [5.41, 5.74) is 17.3. The highest BCUT2D eigenvalue weighted by Crippen LogP contribution is 2.61. The van der Waals surface area contributed by atoms with Crippen LogP contribution in [0.3, 0.4) is 0 Å². The second-order valence-electron chi connectivity index (χ2n) is 18.4. The molecular weight excluding hydrogens is 691 g/mol. The first-order chi connectivity index (χ1) is 27.9. The van der Waals surface area contributed by atoms with E-state index in [9.17, 15) is 0 Å². The Morgan fingerprint density at radius 1 is 0.491 bits per heavy atom. The third-order valence-corrected chi connectivity index (χ3v) is 14.6. The fourth-order valence-electron chi connectivity index (χ4n) is 12.4. The van der Waals surface area contributed by atoms with Crippen LogP contribution in [0.25, 0.3) is 55.3 Å². The predicted molar refractivity (Wildman–Crippen MR) is 237 cm³/mol. The zero-order valence-corrected chi connectivity index (χ0v) is 32.8. The molecule has 0 radical (unpaired) electrons. The first-order valence-electron chi connectivity index (χ1n) is 21.2. The maximum Gasteiger partial charge on any atom is 0.159 e.